The van der Waals surface area contributed by atoms with Crippen molar-refractivity contribution in [2.24, 2.45) is 0 Å². The topological polar surface area (TPSA) is 36.4 Å². The van der Waals surface area contributed by atoms with E-state index in [1.165, 1.54) is 15.8 Å². The Morgan fingerprint density at radius 1 is 0.897 bits per heavy atom. The molecule has 3 aromatic carbocycles. The average molecular weight is 402 g/mol. The predicted molar refractivity (Wildman–Crippen MR) is 121 cm³/mol. The van der Waals surface area contributed by atoms with E-state index in [0.29, 0.717) is 0 Å². The maximum atomic E-state index is 13.0. The first-order chi connectivity index (χ1) is 14.1. The van der Waals surface area contributed by atoms with E-state index in [1.54, 1.807) is 11.3 Å². The van der Waals surface area contributed by atoms with Crippen LogP contribution >= 0.6 is 11.3 Å². The van der Waals surface area contributed by atoms with Crippen molar-refractivity contribution in [3.8, 4) is 0 Å². The lowest BCUT2D eigenvalue weighted by Gasteiger charge is -2.34. The lowest BCUT2D eigenvalue weighted by molar-refractivity contribution is 0.0747. The summed E-state index contributed by atoms with van der Waals surface area (Å²) in [5.74, 6) is 0.117. The Labute approximate surface area is 174 Å². The SMILES string of the molecule is Cc1ccc(C)c2sc(N3CCN(C(=O)c4ccc5ccccc5c4)CC3)nc12. The third-order valence-electron chi connectivity index (χ3n) is 5.76. The van der Waals surface area contributed by atoms with E-state index in [-0.39, 0.29) is 5.91 Å². The summed E-state index contributed by atoms with van der Waals surface area (Å²) in [6.45, 7) is 7.34. The smallest absolute Gasteiger partial charge is 0.253 e. The number of hydrogen-bond donors (Lipinski definition) is 0. The molecule has 146 valence electrons. The van der Waals surface area contributed by atoms with Crippen LogP contribution in [-0.2, 0) is 0 Å². The number of rotatable bonds is 2. The fourth-order valence-corrected chi connectivity index (χ4v) is 5.15. The molecule has 0 bridgehead atoms. The van der Waals surface area contributed by atoms with Crippen molar-refractivity contribution >= 4 is 43.4 Å². The highest BCUT2D eigenvalue weighted by Crippen LogP contribution is 2.33. The van der Waals surface area contributed by atoms with Crippen LogP contribution in [0.4, 0.5) is 5.13 Å². The van der Waals surface area contributed by atoms with Crippen molar-refractivity contribution in [1.82, 2.24) is 9.88 Å². The van der Waals surface area contributed by atoms with Crippen LogP contribution in [-0.4, -0.2) is 42.0 Å². The lowest BCUT2D eigenvalue weighted by Crippen LogP contribution is -2.48. The van der Waals surface area contributed by atoms with Gasteiger partial charge in [0, 0.05) is 31.7 Å². The second kappa shape index (κ2) is 7.16. The van der Waals surface area contributed by atoms with Gasteiger partial charge in [0.05, 0.1) is 10.2 Å². The van der Waals surface area contributed by atoms with Crippen LogP contribution in [0.5, 0.6) is 0 Å². The monoisotopic (exact) mass is 401 g/mol. The Bertz CT molecular complexity index is 1180. The van der Waals surface area contributed by atoms with E-state index < -0.39 is 0 Å². The summed E-state index contributed by atoms with van der Waals surface area (Å²) in [6.07, 6.45) is 0. The molecule has 0 saturated carbocycles. The zero-order chi connectivity index (χ0) is 20.0. The summed E-state index contributed by atoms with van der Waals surface area (Å²) < 4.78 is 1.27. The molecule has 29 heavy (non-hydrogen) atoms. The molecule has 5 heteroatoms. The molecule has 0 N–H and O–H groups in total. The molecule has 4 aromatic rings. The van der Waals surface area contributed by atoms with E-state index in [2.05, 4.69) is 43.0 Å². The normalized spacial score (nSPS) is 14.7. The second-order valence-electron chi connectivity index (χ2n) is 7.71. The molecule has 0 unspecified atom stereocenters. The second-order valence-corrected chi connectivity index (χ2v) is 8.69. The van der Waals surface area contributed by atoms with Crippen LogP contribution in [0.15, 0.2) is 54.6 Å². The van der Waals surface area contributed by atoms with Crippen molar-refractivity contribution in [3.63, 3.8) is 0 Å². The number of fused-ring (bicyclic) bond motifs is 2. The summed E-state index contributed by atoms with van der Waals surface area (Å²) in [6, 6.07) is 18.4. The van der Waals surface area contributed by atoms with Gasteiger partial charge >= 0.3 is 0 Å². The van der Waals surface area contributed by atoms with E-state index >= 15 is 0 Å². The molecule has 1 aromatic heterocycles. The fraction of sp³-hybridized carbons (Fsp3) is 0.250. The van der Waals surface area contributed by atoms with E-state index in [0.717, 1.165) is 53.2 Å². The Morgan fingerprint density at radius 3 is 2.38 bits per heavy atom. The molecule has 1 saturated heterocycles. The molecule has 0 radical (unpaired) electrons. The lowest BCUT2D eigenvalue weighted by atomic mass is 10.1. The first kappa shape index (κ1) is 18.1. The van der Waals surface area contributed by atoms with Gasteiger partial charge in [-0.1, -0.05) is 53.8 Å². The highest BCUT2D eigenvalue weighted by molar-refractivity contribution is 7.22. The van der Waals surface area contributed by atoms with E-state index in [4.69, 9.17) is 4.98 Å². The molecular formula is C24H23N3OS. The van der Waals surface area contributed by atoms with Crippen LogP contribution in [0.2, 0.25) is 0 Å². The maximum Gasteiger partial charge on any atom is 0.253 e. The number of anilines is 1. The highest BCUT2D eigenvalue weighted by atomic mass is 32.1. The van der Waals surface area contributed by atoms with Gasteiger partial charge in [-0.3, -0.25) is 4.79 Å². The number of aromatic nitrogens is 1. The Balaban J connectivity index is 1.32. The van der Waals surface area contributed by atoms with Crippen molar-refractivity contribution in [3.05, 3.63) is 71.3 Å². The van der Waals surface area contributed by atoms with Crippen molar-refractivity contribution in [2.45, 2.75) is 13.8 Å². The van der Waals surface area contributed by atoms with Gasteiger partial charge < -0.3 is 9.80 Å². The van der Waals surface area contributed by atoms with Crippen LogP contribution in [0, 0.1) is 13.8 Å². The third kappa shape index (κ3) is 3.25. The molecule has 0 atom stereocenters. The van der Waals surface area contributed by atoms with Gasteiger partial charge in [0.15, 0.2) is 5.13 Å². The maximum absolute atomic E-state index is 13.0. The minimum absolute atomic E-state index is 0.117. The Kier molecular flexibility index (Phi) is 4.47. The van der Waals surface area contributed by atoms with E-state index in [1.807, 2.05) is 35.2 Å². The fourth-order valence-electron chi connectivity index (χ4n) is 3.99. The number of thiazole rings is 1. The first-order valence-corrected chi connectivity index (χ1v) is 10.8. The summed E-state index contributed by atoms with van der Waals surface area (Å²) in [5.41, 5.74) is 4.38. The molecule has 1 amide bonds. The molecule has 0 aliphatic carbocycles. The zero-order valence-corrected chi connectivity index (χ0v) is 17.5. The number of nitrogens with zero attached hydrogens (tertiary/aromatic N) is 3. The number of carbonyl (C=O) groups is 1. The highest BCUT2D eigenvalue weighted by Gasteiger charge is 2.24. The number of hydrogen-bond acceptors (Lipinski definition) is 4. The molecule has 2 heterocycles. The van der Waals surface area contributed by atoms with E-state index in [9.17, 15) is 4.79 Å². The average Bonchev–Trinajstić information content (AvgIpc) is 3.23. The zero-order valence-electron chi connectivity index (χ0n) is 16.7. The summed E-state index contributed by atoms with van der Waals surface area (Å²) >= 11 is 1.76. The molecule has 5 rings (SSSR count). The minimum Gasteiger partial charge on any atom is -0.345 e. The minimum atomic E-state index is 0.117. The van der Waals surface area contributed by atoms with Gasteiger partial charge in [0.25, 0.3) is 5.91 Å². The van der Waals surface area contributed by atoms with Gasteiger partial charge in [-0.2, -0.15) is 0 Å². The summed E-state index contributed by atoms with van der Waals surface area (Å²) in [5, 5.41) is 3.34. The molecule has 1 fully saturated rings. The van der Waals surface area contributed by atoms with Crippen LogP contribution in [0.3, 0.4) is 0 Å². The first-order valence-electron chi connectivity index (χ1n) is 10.00. The molecule has 4 nitrogen and oxygen atoms in total. The third-order valence-corrected chi connectivity index (χ3v) is 7.02. The molecule has 0 spiro atoms. The molecule has 1 aliphatic heterocycles. The quantitative estimate of drug-likeness (QED) is 0.473. The number of aryl methyl sites for hydroxylation is 2. The number of benzene rings is 3. The van der Waals surface area contributed by atoms with Crippen molar-refractivity contribution in [2.75, 3.05) is 31.1 Å². The Morgan fingerprint density at radius 2 is 1.62 bits per heavy atom. The van der Waals surface area contributed by atoms with Gasteiger partial charge in [-0.15, -0.1) is 0 Å². The van der Waals surface area contributed by atoms with Gasteiger partial charge in [-0.25, -0.2) is 4.98 Å². The number of piperazine rings is 1. The number of carbonyl (C=O) groups excluding carboxylic acids is 1. The summed E-state index contributed by atoms with van der Waals surface area (Å²) in [7, 11) is 0. The standard InChI is InChI=1S/C24H23N3OS/c1-16-7-8-17(2)22-21(16)25-24(29-22)27-13-11-26(12-14-27)23(28)20-10-9-18-5-3-4-6-19(18)15-20/h3-10,15H,11-14H2,1-2H3. The van der Waals surface area contributed by atoms with Crippen LogP contribution in [0.25, 0.3) is 21.0 Å². The molecular weight excluding hydrogens is 378 g/mol. The predicted octanol–water partition coefficient (Wildman–Crippen LogP) is 5.03. The Hall–Kier alpha value is -2.92. The molecule has 1 aliphatic rings. The summed E-state index contributed by atoms with van der Waals surface area (Å²) in [4.78, 5) is 22.2. The van der Waals surface area contributed by atoms with Crippen LogP contribution < -0.4 is 4.90 Å². The van der Waals surface area contributed by atoms with Gasteiger partial charge in [0.2, 0.25) is 0 Å². The number of amides is 1. The van der Waals surface area contributed by atoms with Crippen molar-refractivity contribution < 1.29 is 4.79 Å². The van der Waals surface area contributed by atoms with Gasteiger partial charge in [0.1, 0.15) is 0 Å². The van der Waals surface area contributed by atoms with Crippen molar-refractivity contribution in [1.29, 1.82) is 0 Å². The largest absolute Gasteiger partial charge is 0.345 e. The van der Waals surface area contributed by atoms with Crippen LogP contribution in [0.1, 0.15) is 21.5 Å². The van der Waals surface area contributed by atoms with Gasteiger partial charge in [-0.05, 0) is 47.9 Å².